The summed E-state index contributed by atoms with van der Waals surface area (Å²) in [4.78, 5) is 0. The summed E-state index contributed by atoms with van der Waals surface area (Å²) >= 11 is 0. The van der Waals surface area contributed by atoms with Crippen molar-refractivity contribution >= 4 is 0 Å². The molecule has 0 aromatic carbocycles. The van der Waals surface area contributed by atoms with Crippen molar-refractivity contribution in [1.82, 2.24) is 5.32 Å². The molecule has 2 aliphatic rings. The van der Waals surface area contributed by atoms with Crippen LogP contribution in [-0.4, -0.2) is 12.6 Å². The van der Waals surface area contributed by atoms with Crippen LogP contribution in [0.5, 0.6) is 0 Å². The third-order valence-corrected chi connectivity index (χ3v) is 5.51. The van der Waals surface area contributed by atoms with Gasteiger partial charge in [0.25, 0.3) is 0 Å². The molecule has 0 heterocycles. The predicted octanol–water partition coefficient (Wildman–Crippen LogP) is 4.23. The number of rotatable bonds is 3. The Morgan fingerprint density at radius 3 is 2.29 bits per heavy atom. The van der Waals surface area contributed by atoms with E-state index in [1.165, 1.54) is 51.5 Å². The van der Waals surface area contributed by atoms with Crippen LogP contribution in [-0.2, 0) is 0 Å². The first-order valence-corrected chi connectivity index (χ1v) is 7.90. The predicted molar refractivity (Wildman–Crippen MR) is 75.1 cm³/mol. The molecule has 17 heavy (non-hydrogen) atoms. The highest BCUT2D eigenvalue weighted by Crippen LogP contribution is 2.31. The number of hydrogen-bond acceptors (Lipinski definition) is 1. The molecule has 2 rings (SSSR count). The van der Waals surface area contributed by atoms with Crippen LogP contribution in [0.15, 0.2) is 0 Å². The Hall–Kier alpha value is -0.0400. The zero-order valence-electron chi connectivity index (χ0n) is 12.0. The van der Waals surface area contributed by atoms with Gasteiger partial charge in [-0.05, 0) is 49.5 Å². The molecule has 0 spiro atoms. The van der Waals surface area contributed by atoms with E-state index in [4.69, 9.17) is 0 Å². The molecule has 3 atom stereocenters. The van der Waals surface area contributed by atoms with Gasteiger partial charge in [0, 0.05) is 6.04 Å². The van der Waals surface area contributed by atoms with Gasteiger partial charge in [0.1, 0.15) is 0 Å². The Bertz CT molecular complexity index is 218. The summed E-state index contributed by atoms with van der Waals surface area (Å²) < 4.78 is 0. The second kappa shape index (κ2) is 6.22. The summed E-state index contributed by atoms with van der Waals surface area (Å²) in [5, 5.41) is 3.89. The fourth-order valence-corrected chi connectivity index (χ4v) is 3.72. The second-order valence-corrected chi connectivity index (χ2v) is 6.91. The lowest BCUT2D eigenvalue weighted by molar-refractivity contribution is 0.189. The minimum Gasteiger partial charge on any atom is -0.313 e. The molecule has 0 amide bonds. The lowest BCUT2D eigenvalue weighted by Crippen LogP contribution is -2.43. The van der Waals surface area contributed by atoms with Crippen molar-refractivity contribution in [2.75, 3.05) is 6.54 Å². The second-order valence-electron chi connectivity index (χ2n) is 6.91. The van der Waals surface area contributed by atoms with Crippen LogP contribution in [0, 0.1) is 23.7 Å². The van der Waals surface area contributed by atoms with E-state index in [0.29, 0.717) is 0 Å². The zero-order valence-corrected chi connectivity index (χ0v) is 12.0. The number of nitrogens with one attached hydrogen (secondary N) is 1. The molecule has 0 bridgehead atoms. The van der Waals surface area contributed by atoms with Crippen molar-refractivity contribution in [3.05, 3.63) is 0 Å². The molecular weight excluding hydrogens is 206 g/mol. The zero-order chi connectivity index (χ0) is 12.3. The summed E-state index contributed by atoms with van der Waals surface area (Å²) in [7, 11) is 0. The van der Waals surface area contributed by atoms with Crippen molar-refractivity contribution in [1.29, 1.82) is 0 Å². The Morgan fingerprint density at radius 2 is 1.59 bits per heavy atom. The molecule has 2 aliphatic carbocycles. The van der Waals surface area contributed by atoms with Gasteiger partial charge in [-0.25, -0.2) is 0 Å². The SMILES string of the molecule is CC1CCC(CNC2CCCC(C)C2C)CC1. The Kier molecular flexibility index (Phi) is 4.90. The van der Waals surface area contributed by atoms with Gasteiger partial charge in [0.2, 0.25) is 0 Å². The van der Waals surface area contributed by atoms with Gasteiger partial charge in [-0.15, -0.1) is 0 Å². The molecule has 0 aliphatic heterocycles. The molecule has 1 N–H and O–H groups in total. The summed E-state index contributed by atoms with van der Waals surface area (Å²) in [5.74, 6) is 3.76. The van der Waals surface area contributed by atoms with Gasteiger partial charge in [-0.3, -0.25) is 0 Å². The first kappa shape index (κ1) is 13.4. The highest BCUT2D eigenvalue weighted by Gasteiger charge is 2.27. The molecule has 0 aromatic heterocycles. The maximum Gasteiger partial charge on any atom is 0.00953 e. The third kappa shape index (κ3) is 3.71. The van der Waals surface area contributed by atoms with Gasteiger partial charge in [0.15, 0.2) is 0 Å². The minimum atomic E-state index is 0.804. The standard InChI is InChI=1S/C16H31N/c1-12-7-9-15(10-8-12)11-17-16-6-4-5-13(2)14(16)3/h12-17H,4-11H2,1-3H3. The molecule has 1 nitrogen and oxygen atoms in total. The highest BCUT2D eigenvalue weighted by atomic mass is 14.9. The van der Waals surface area contributed by atoms with Crippen LogP contribution in [0.25, 0.3) is 0 Å². The first-order valence-electron chi connectivity index (χ1n) is 7.90. The highest BCUT2D eigenvalue weighted by molar-refractivity contribution is 4.83. The van der Waals surface area contributed by atoms with Gasteiger partial charge in [-0.1, -0.05) is 46.5 Å². The van der Waals surface area contributed by atoms with Crippen LogP contribution in [0.4, 0.5) is 0 Å². The van der Waals surface area contributed by atoms with Gasteiger partial charge in [-0.2, -0.15) is 0 Å². The third-order valence-electron chi connectivity index (χ3n) is 5.51. The average Bonchev–Trinajstić information content (AvgIpc) is 2.33. The van der Waals surface area contributed by atoms with Crippen LogP contribution in [0.1, 0.15) is 65.7 Å². The Labute approximate surface area is 108 Å². The van der Waals surface area contributed by atoms with E-state index in [0.717, 1.165) is 29.7 Å². The molecule has 1 heteroatoms. The summed E-state index contributed by atoms with van der Waals surface area (Å²) in [6, 6.07) is 0.804. The fraction of sp³-hybridized carbons (Fsp3) is 1.00. The van der Waals surface area contributed by atoms with Gasteiger partial charge in [0.05, 0.1) is 0 Å². The monoisotopic (exact) mass is 237 g/mol. The van der Waals surface area contributed by atoms with E-state index in [-0.39, 0.29) is 0 Å². The number of hydrogen-bond donors (Lipinski definition) is 1. The van der Waals surface area contributed by atoms with Gasteiger partial charge < -0.3 is 5.32 Å². The molecule has 3 unspecified atom stereocenters. The molecule has 0 saturated heterocycles. The maximum absolute atomic E-state index is 3.89. The van der Waals surface area contributed by atoms with E-state index in [1.54, 1.807) is 0 Å². The molecular formula is C16H31N. The van der Waals surface area contributed by atoms with Crippen molar-refractivity contribution in [2.24, 2.45) is 23.7 Å². The molecule has 100 valence electrons. The molecule has 0 radical (unpaired) electrons. The summed E-state index contributed by atoms with van der Waals surface area (Å²) in [6.45, 7) is 8.58. The largest absolute Gasteiger partial charge is 0.313 e. The molecule has 2 saturated carbocycles. The Morgan fingerprint density at radius 1 is 0.882 bits per heavy atom. The lowest BCUT2D eigenvalue weighted by atomic mass is 9.77. The quantitative estimate of drug-likeness (QED) is 0.774. The van der Waals surface area contributed by atoms with Crippen LogP contribution in [0.2, 0.25) is 0 Å². The fourth-order valence-electron chi connectivity index (χ4n) is 3.72. The summed E-state index contributed by atoms with van der Waals surface area (Å²) in [6.07, 6.45) is 10.1. The molecule has 0 aromatic rings. The topological polar surface area (TPSA) is 12.0 Å². The van der Waals surface area contributed by atoms with Crippen LogP contribution >= 0.6 is 0 Å². The van der Waals surface area contributed by atoms with E-state index < -0.39 is 0 Å². The molecule has 2 fully saturated rings. The van der Waals surface area contributed by atoms with E-state index in [2.05, 4.69) is 26.1 Å². The van der Waals surface area contributed by atoms with E-state index >= 15 is 0 Å². The van der Waals surface area contributed by atoms with E-state index in [9.17, 15) is 0 Å². The van der Waals surface area contributed by atoms with Crippen LogP contribution < -0.4 is 5.32 Å². The maximum atomic E-state index is 3.89. The average molecular weight is 237 g/mol. The van der Waals surface area contributed by atoms with Crippen molar-refractivity contribution in [2.45, 2.75) is 71.8 Å². The van der Waals surface area contributed by atoms with Crippen molar-refractivity contribution < 1.29 is 0 Å². The smallest absolute Gasteiger partial charge is 0.00953 e. The van der Waals surface area contributed by atoms with Crippen molar-refractivity contribution in [3.8, 4) is 0 Å². The summed E-state index contributed by atoms with van der Waals surface area (Å²) in [5.41, 5.74) is 0. The lowest BCUT2D eigenvalue weighted by Gasteiger charge is -2.36. The minimum absolute atomic E-state index is 0.804. The van der Waals surface area contributed by atoms with E-state index in [1.807, 2.05) is 0 Å². The Balaban J connectivity index is 1.70. The normalized spacial score (nSPS) is 43.6. The van der Waals surface area contributed by atoms with Crippen molar-refractivity contribution in [3.63, 3.8) is 0 Å². The van der Waals surface area contributed by atoms with Gasteiger partial charge >= 0.3 is 0 Å². The first-order chi connectivity index (χ1) is 8.16. The van der Waals surface area contributed by atoms with Crippen LogP contribution in [0.3, 0.4) is 0 Å².